The molecule has 0 bridgehead atoms. The minimum Gasteiger partial charge on any atom is -0.507 e. The van der Waals surface area contributed by atoms with E-state index in [1.807, 2.05) is 18.2 Å². The van der Waals surface area contributed by atoms with Crippen molar-refractivity contribution < 1.29 is 9.90 Å². The van der Waals surface area contributed by atoms with Gasteiger partial charge in [0.2, 0.25) is 5.91 Å². The summed E-state index contributed by atoms with van der Waals surface area (Å²) in [6, 6.07) is 11.9. The van der Waals surface area contributed by atoms with Crippen molar-refractivity contribution in [1.82, 2.24) is 0 Å². The predicted molar refractivity (Wildman–Crippen MR) is 88.3 cm³/mol. The summed E-state index contributed by atoms with van der Waals surface area (Å²) in [6.45, 7) is -0.0483. The Balaban J connectivity index is 1.96. The molecule has 2 rings (SSSR count). The van der Waals surface area contributed by atoms with Crippen molar-refractivity contribution in [3.05, 3.63) is 57.5 Å². The number of hydrogen-bond acceptors (Lipinski definition) is 3. The second kappa shape index (κ2) is 7.24. The van der Waals surface area contributed by atoms with Crippen LogP contribution in [0.2, 0.25) is 5.02 Å². The molecule has 0 aliphatic rings. The van der Waals surface area contributed by atoms with E-state index in [0.717, 1.165) is 4.47 Å². The Morgan fingerprint density at radius 2 is 2.10 bits per heavy atom. The lowest BCUT2D eigenvalue weighted by molar-refractivity contribution is -0.114. The van der Waals surface area contributed by atoms with Gasteiger partial charge in [-0.3, -0.25) is 9.79 Å². The van der Waals surface area contributed by atoms with Crippen LogP contribution < -0.4 is 5.32 Å². The Morgan fingerprint density at radius 3 is 2.86 bits per heavy atom. The van der Waals surface area contributed by atoms with Gasteiger partial charge in [0.1, 0.15) is 12.3 Å². The molecule has 0 radical (unpaired) electrons. The van der Waals surface area contributed by atoms with E-state index in [0.29, 0.717) is 16.3 Å². The third kappa shape index (κ3) is 4.58. The van der Waals surface area contributed by atoms with Crippen molar-refractivity contribution in [3.63, 3.8) is 0 Å². The summed E-state index contributed by atoms with van der Waals surface area (Å²) >= 11 is 9.17. The van der Waals surface area contributed by atoms with E-state index >= 15 is 0 Å². The minimum absolute atomic E-state index is 0.0483. The summed E-state index contributed by atoms with van der Waals surface area (Å²) in [5.41, 5.74) is 1.15. The zero-order valence-electron chi connectivity index (χ0n) is 10.9. The standard InChI is InChI=1S/C15H12BrClN2O2/c16-12-3-1-2-4-13(12)19-15(21)9-18-8-10-7-11(17)5-6-14(10)20/h1-8,20H,9H2,(H,19,21). The third-order valence-corrected chi connectivity index (χ3v) is 3.53. The normalized spacial score (nSPS) is 10.8. The van der Waals surface area contributed by atoms with Crippen molar-refractivity contribution in [2.24, 2.45) is 4.99 Å². The number of anilines is 1. The van der Waals surface area contributed by atoms with Gasteiger partial charge in [0.05, 0.1) is 5.69 Å². The van der Waals surface area contributed by atoms with E-state index in [1.165, 1.54) is 12.3 Å². The highest BCUT2D eigenvalue weighted by molar-refractivity contribution is 9.10. The number of para-hydroxylation sites is 1. The van der Waals surface area contributed by atoms with Crippen LogP contribution >= 0.6 is 27.5 Å². The molecule has 4 nitrogen and oxygen atoms in total. The molecule has 2 N–H and O–H groups in total. The molecule has 6 heteroatoms. The Morgan fingerprint density at radius 1 is 1.33 bits per heavy atom. The van der Waals surface area contributed by atoms with Gasteiger partial charge in [-0.15, -0.1) is 0 Å². The van der Waals surface area contributed by atoms with Crippen molar-refractivity contribution >= 4 is 45.3 Å². The fraction of sp³-hybridized carbons (Fsp3) is 0.0667. The van der Waals surface area contributed by atoms with Crippen LogP contribution in [0.4, 0.5) is 5.69 Å². The maximum absolute atomic E-state index is 11.8. The van der Waals surface area contributed by atoms with Crippen LogP contribution in [0.5, 0.6) is 5.75 Å². The van der Waals surface area contributed by atoms with Gasteiger partial charge in [0.25, 0.3) is 0 Å². The molecule has 0 heterocycles. The molecule has 0 spiro atoms. The van der Waals surface area contributed by atoms with E-state index in [1.54, 1.807) is 18.2 Å². The van der Waals surface area contributed by atoms with Crippen molar-refractivity contribution in [3.8, 4) is 5.75 Å². The zero-order chi connectivity index (χ0) is 15.2. The average molecular weight is 368 g/mol. The van der Waals surface area contributed by atoms with E-state index in [-0.39, 0.29) is 18.2 Å². The number of benzene rings is 2. The molecule has 0 saturated heterocycles. The topological polar surface area (TPSA) is 61.7 Å². The number of nitrogens with zero attached hydrogens (tertiary/aromatic N) is 1. The largest absolute Gasteiger partial charge is 0.507 e. The smallest absolute Gasteiger partial charge is 0.246 e. The SMILES string of the molecule is O=C(CN=Cc1cc(Cl)ccc1O)Nc1ccccc1Br. The number of aliphatic imine (C=N–C) groups is 1. The summed E-state index contributed by atoms with van der Waals surface area (Å²) in [6.07, 6.45) is 1.42. The highest BCUT2D eigenvalue weighted by Crippen LogP contribution is 2.21. The quantitative estimate of drug-likeness (QED) is 0.806. The van der Waals surface area contributed by atoms with E-state index < -0.39 is 0 Å². The molecular weight excluding hydrogens is 356 g/mol. The van der Waals surface area contributed by atoms with Gasteiger partial charge >= 0.3 is 0 Å². The molecule has 0 saturated carbocycles. The van der Waals surface area contributed by atoms with Crippen LogP contribution in [0.15, 0.2) is 51.9 Å². The highest BCUT2D eigenvalue weighted by Gasteiger charge is 2.04. The van der Waals surface area contributed by atoms with Gasteiger partial charge in [0, 0.05) is 21.3 Å². The summed E-state index contributed by atoms with van der Waals surface area (Å²) in [7, 11) is 0. The lowest BCUT2D eigenvalue weighted by Crippen LogP contribution is -2.15. The number of aromatic hydroxyl groups is 1. The van der Waals surface area contributed by atoms with Crippen LogP contribution in [-0.4, -0.2) is 23.8 Å². The molecule has 21 heavy (non-hydrogen) atoms. The zero-order valence-corrected chi connectivity index (χ0v) is 13.2. The van der Waals surface area contributed by atoms with E-state index in [9.17, 15) is 9.90 Å². The molecule has 0 aliphatic carbocycles. The predicted octanol–water partition coefficient (Wildman–Crippen LogP) is 3.87. The summed E-state index contributed by atoms with van der Waals surface area (Å²) < 4.78 is 0.801. The number of phenols is 1. The summed E-state index contributed by atoms with van der Waals surface area (Å²) in [4.78, 5) is 15.8. The molecular formula is C15H12BrClN2O2. The first kappa shape index (κ1) is 15.5. The molecule has 1 amide bonds. The molecule has 0 atom stereocenters. The average Bonchev–Trinajstić information content (AvgIpc) is 2.45. The Kier molecular flexibility index (Phi) is 5.36. The molecule has 0 unspecified atom stereocenters. The highest BCUT2D eigenvalue weighted by atomic mass is 79.9. The van der Waals surface area contributed by atoms with Crippen LogP contribution in [0.1, 0.15) is 5.56 Å². The lowest BCUT2D eigenvalue weighted by atomic mass is 10.2. The van der Waals surface area contributed by atoms with Gasteiger partial charge < -0.3 is 10.4 Å². The first-order valence-corrected chi connectivity index (χ1v) is 7.26. The molecule has 0 aromatic heterocycles. The molecule has 0 fully saturated rings. The number of rotatable bonds is 4. The molecule has 2 aromatic carbocycles. The maximum Gasteiger partial charge on any atom is 0.246 e. The van der Waals surface area contributed by atoms with Gasteiger partial charge in [0.15, 0.2) is 0 Å². The Labute approximate surface area is 135 Å². The number of hydrogen-bond donors (Lipinski definition) is 2. The molecule has 2 aromatic rings. The Bertz CT molecular complexity index is 689. The summed E-state index contributed by atoms with van der Waals surface area (Å²) in [5, 5.41) is 12.8. The van der Waals surface area contributed by atoms with Gasteiger partial charge in [-0.05, 0) is 46.3 Å². The second-order valence-corrected chi connectivity index (χ2v) is 5.49. The number of halogens is 2. The number of phenolic OH excluding ortho intramolecular Hbond substituents is 1. The fourth-order valence-electron chi connectivity index (χ4n) is 1.61. The van der Waals surface area contributed by atoms with Crippen molar-refractivity contribution in [1.29, 1.82) is 0 Å². The van der Waals surface area contributed by atoms with Crippen LogP contribution in [0.25, 0.3) is 0 Å². The fourth-order valence-corrected chi connectivity index (χ4v) is 2.17. The Hall–Kier alpha value is -1.85. The number of carbonyl (C=O) groups excluding carboxylic acids is 1. The number of nitrogens with one attached hydrogen (secondary N) is 1. The van der Waals surface area contributed by atoms with E-state index in [2.05, 4.69) is 26.2 Å². The van der Waals surface area contributed by atoms with Crippen LogP contribution in [-0.2, 0) is 4.79 Å². The third-order valence-electron chi connectivity index (χ3n) is 2.60. The minimum atomic E-state index is -0.250. The van der Waals surface area contributed by atoms with Crippen molar-refractivity contribution in [2.75, 3.05) is 11.9 Å². The lowest BCUT2D eigenvalue weighted by Gasteiger charge is -2.05. The first-order chi connectivity index (χ1) is 10.1. The van der Waals surface area contributed by atoms with Gasteiger partial charge in [-0.1, -0.05) is 23.7 Å². The summed E-state index contributed by atoms with van der Waals surface area (Å²) in [5.74, 6) is -0.186. The maximum atomic E-state index is 11.8. The number of carbonyl (C=O) groups is 1. The monoisotopic (exact) mass is 366 g/mol. The van der Waals surface area contributed by atoms with Crippen LogP contribution in [0, 0.1) is 0 Å². The van der Waals surface area contributed by atoms with E-state index in [4.69, 9.17) is 11.6 Å². The first-order valence-electron chi connectivity index (χ1n) is 6.09. The van der Waals surface area contributed by atoms with Crippen LogP contribution in [0.3, 0.4) is 0 Å². The molecule has 108 valence electrons. The van der Waals surface area contributed by atoms with Crippen molar-refractivity contribution in [2.45, 2.75) is 0 Å². The van der Waals surface area contributed by atoms with Gasteiger partial charge in [-0.2, -0.15) is 0 Å². The van der Waals surface area contributed by atoms with Gasteiger partial charge in [-0.25, -0.2) is 0 Å². The second-order valence-electron chi connectivity index (χ2n) is 4.20. The molecule has 0 aliphatic heterocycles. The number of amides is 1.